The fraction of sp³-hybridized carbons (Fsp3) is 0.143. The molecule has 0 atom stereocenters. The second-order valence-corrected chi connectivity index (χ2v) is 5.87. The van der Waals surface area contributed by atoms with Crippen molar-refractivity contribution in [3.05, 3.63) is 72.9 Å². The number of benzene rings is 2. The number of nitrogens with one attached hydrogen (secondary N) is 1. The van der Waals surface area contributed by atoms with E-state index in [1.54, 1.807) is 6.20 Å². The molecular formula is C21H19N3O2. The van der Waals surface area contributed by atoms with Crippen molar-refractivity contribution in [2.24, 2.45) is 0 Å². The van der Waals surface area contributed by atoms with Gasteiger partial charge in [-0.1, -0.05) is 30.4 Å². The highest BCUT2D eigenvalue weighted by atomic mass is 16.5. The van der Waals surface area contributed by atoms with Crippen molar-refractivity contribution < 1.29 is 9.47 Å². The highest BCUT2D eigenvalue weighted by molar-refractivity contribution is 5.63. The Morgan fingerprint density at radius 1 is 0.885 bits per heavy atom. The van der Waals surface area contributed by atoms with Crippen LogP contribution >= 0.6 is 0 Å². The van der Waals surface area contributed by atoms with Crippen molar-refractivity contribution in [3.63, 3.8) is 0 Å². The van der Waals surface area contributed by atoms with Crippen molar-refractivity contribution in [1.29, 1.82) is 0 Å². The maximum Gasteiger partial charge on any atom is 0.227 e. The predicted octanol–water partition coefficient (Wildman–Crippen LogP) is 4.60. The summed E-state index contributed by atoms with van der Waals surface area (Å²) in [6.45, 7) is 1.14. The maximum atomic E-state index is 5.83. The van der Waals surface area contributed by atoms with Gasteiger partial charge in [0, 0.05) is 23.5 Å². The molecule has 1 aliphatic rings. The molecule has 2 heterocycles. The van der Waals surface area contributed by atoms with Crippen LogP contribution in [-0.2, 0) is 0 Å². The smallest absolute Gasteiger partial charge is 0.227 e. The van der Waals surface area contributed by atoms with Crippen LogP contribution in [0.5, 0.6) is 11.5 Å². The third-order valence-electron chi connectivity index (χ3n) is 3.94. The van der Waals surface area contributed by atoms with E-state index in [0.717, 1.165) is 34.9 Å². The number of anilines is 2. The van der Waals surface area contributed by atoms with Crippen molar-refractivity contribution >= 4 is 11.6 Å². The molecule has 5 heteroatoms. The average Bonchev–Trinajstić information content (AvgIpc) is 2.67. The molecule has 0 aliphatic carbocycles. The van der Waals surface area contributed by atoms with Gasteiger partial charge >= 0.3 is 0 Å². The molecule has 1 aromatic heterocycles. The second-order valence-electron chi connectivity index (χ2n) is 5.87. The normalized spacial score (nSPS) is 14.9. The Morgan fingerprint density at radius 3 is 2.73 bits per heavy atom. The lowest BCUT2D eigenvalue weighted by Crippen LogP contribution is -1.99. The van der Waals surface area contributed by atoms with E-state index < -0.39 is 0 Å². The van der Waals surface area contributed by atoms with Gasteiger partial charge in [0.05, 0.1) is 12.3 Å². The van der Waals surface area contributed by atoms with E-state index in [1.165, 1.54) is 0 Å². The van der Waals surface area contributed by atoms with Gasteiger partial charge < -0.3 is 14.8 Å². The van der Waals surface area contributed by atoms with Crippen LogP contribution in [0.25, 0.3) is 11.3 Å². The lowest BCUT2D eigenvalue weighted by molar-refractivity contribution is 0.324. The van der Waals surface area contributed by atoms with Crippen LogP contribution in [0.4, 0.5) is 11.6 Å². The monoisotopic (exact) mass is 345 g/mol. The summed E-state index contributed by atoms with van der Waals surface area (Å²) >= 11 is 0. The molecule has 0 fully saturated rings. The summed E-state index contributed by atoms with van der Waals surface area (Å²) in [6.07, 6.45) is 6.65. The first-order valence-electron chi connectivity index (χ1n) is 8.58. The summed E-state index contributed by atoms with van der Waals surface area (Å²) < 4.78 is 11.6. The number of rotatable bonds is 0. The van der Waals surface area contributed by atoms with E-state index in [-0.39, 0.29) is 0 Å². The van der Waals surface area contributed by atoms with Crippen LogP contribution in [0.2, 0.25) is 0 Å². The molecule has 4 rings (SSSR count). The topological polar surface area (TPSA) is 56.3 Å². The Hall–Kier alpha value is -3.34. The zero-order valence-electron chi connectivity index (χ0n) is 14.3. The van der Waals surface area contributed by atoms with Crippen LogP contribution in [-0.4, -0.2) is 23.2 Å². The van der Waals surface area contributed by atoms with Gasteiger partial charge in [-0.05, 0) is 36.8 Å². The quantitative estimate of drug-likeness (QED) is 0.603. The lowest BCUT2D eigenvalue weighted by Gasteiger charge is -2.09. The summed E-state index contributed by atoms with van der Waals surface area (Å²) in [6, 6.07) is 17.6. The third kappa shape index (κ3) is 4.00. The largest absolute Gasteiger partial charge is 0.493 e. The molecule has 6 bridgehead atoms. The van der Waals surface area contributed by atoms with E-state index in [1.807, 2.05) is 60.7 Å². The first kappa shape index (κ1) is 16.1. The standard InChI is InChI=1S/C21H19N3O2/c1-2-12-25-18-8-4-6-16(14-18)20-10-11-22-21(24-20)23-17-7-5-9-19(15-17)26-13-3-1/h1,3-11,14-15H,2,12-13H2,(H,22,23,24)/b3-1-. The maximum absolute atomic E-state index is 5.83. The van der Waals surface area contributed by atoms with Crippen molar-refractivity contribution in [2.75, 3.05) is 18.5 Å². The van der Waals surface area contributed by atoms with Crippen LogP contribution in [0, 0.1) is 0 Å². The van der Waals surface area contributed by atoms with Crippen LogP contribution < -0.4 is 14.8 Å². The Bertz CT molecular complexity index is 924. The van der Waals surface area contributed by atoms with Gasteiger partial charge in [-0.15, -0.1) is 0 Å². The molecule has 3 aromatic rings. The summed E-state index contributed by atoms with van der Waals surface area (Å²) in [5.74, 6) is 2.16. The SMILES string of the molecule is C1=C\COc2cccc(c2)Nc2nccc(n2)-c2cccc(c2)OCC/1. The third-order valence-corrected chi connectivity index (χ3v) is 3.94. The first-order valence-corrected chi connectivity index (χ1v) is 8.58. The molecule has 0 amide bonds. The minimum absolute atomic E-state index is 0.519. The van der Waals surface area contributed by atoms with Crippen LogP contribution in [0.1, 0.15) is 6.42 Å². The number of hydrogen-bond acceptors (Lipinski definition) is 5. The number of ether oxygens (including phenoxy) is 2. The summed E-state index contributed by atoms with van der Waals surface area (Å²) in [5.41, 5.74) is 2.71. The van der Waals surface area contributed by atoms with Crippen LogP contribution in [0.3, 0.4) is 0 Å². The molecule has 0 radical (unpaired) electrons. The molecule has 1 N–H and O–H groups in total. The van der Waals surface area contributed by atoms with E-state index in [2.05, 4.69) is 21.4 Å². The Kier molecular flexibility index (Phi) is 4.78. The van der Waals surface area contributed by atoms with Gasteiger partial charge in [0.2, 0.25) is 5.95 Å². The van der Waals surface area contributed by atoms with E-state index in [0.29, 0.717) is 19.2 Å². The number of fused-ring (bicyclic) bond motifs is 7. The fourth-order valence-corrected chi connectivity index (χ4v) is 2.69. The molecule has 5 nitrogen and oxygen atoms in total. The molecule has 1 aliphatic heterocycles. The van der Waals surface area contributed by atoms with Gasteiger partial charge in [-0.25, -0.2) is 9.97 Å². The molecule has 0 saturated carbocycles. The number of nitrogens with zero attached hydrogens (tertiary/aromatic N) is 2. The zero-order valence-corrected chi connectivity index (χ0v) is 14.3. The average molecular weight is 345 g/mol. The molecule has 130 valence electrons. The minimum atomic E-state index is 0.519. The van der Waals surface area contributed by atoms with E-state index >= 15 is 0 Å². The van der Waals surface area contributed by atoms with Crippen LogP contribution in [0.15, 0.2) is 72.9 Å². The Labute approximate surface area is 152 Å². The molecule has 0 saturated heterocycles. The van der Waals surface area contributed by atoms with Gasteiger partial charge in [0.1, 0.15) is 18.1 Å². The molecule has 2 aromatic carbocycles. The van der Waals surface area contributed by atoms with Gasteiger partial charge in [0.25, 0.3) is 0 Å². The summed E-state index contributed by atoms with van der Waals surface area (Å²) in [7, 11) is 0. The van der Waals surface area contributed by atoms with Crippen molar-refractivity contribution in [3.8, 4) is 22.8 Å². The Balaban J connectivity index is 1.69. The second kappa shape index (κ2) is 7.70. The van der Waals surface area contributed by atoms with Crippen molar-refractivity contribution in [1.82, 2.24) is 9.97 Å². The minimum Gasteiger partial charge on any atom is -0.493 e. The van der Waals surface area contributed by atoms with Gasteiger partial charge in [0.15, 0.2) is 0 Å². The molecule has 26 heavy (non-hydrogen) atoms. The zero-order chi connectivity index (χ0) is 17.6. The Morgan fingerprint density at radius 2 is 1.77 bits per heavy atom. The van der Waals surface area contributed by atoms with Gasteiger partial charge in [-0.2, -0.15) is 0 Å². The first-order chi connectivity index (χ1) is 12.9. The summed E-state index contributed by atoms with van der Waals surface area (Å²) in [4.78, 5) is 8.93. The molecular weight excluding hydrogens is 326 g/mol. The molecule has 0 spiro atoms. The highest BCUT2D eigenvalue weighted by Crippen LogP contribution is 2.25. The molecule has 0 unspecified atom stereocenters. The highest BCUT2D eigenvalue weighted by Gasteiger charge is 2.05. The number of aromatic nitrogens is 2. The lowest BCUT2D eigenvalue weighted by atomic mass is 10.1. The van der Waals surface area contributed by atoms with Gasteiger partial charge in [-0.3, -0.25) is 0 Å². The fourth-order valence-electron chi connectivity index (χ4n) is 2.69. The summed E-state index contributed by atoms with van der Waals surface area (Å²) in [5, 5.41) is 3.23. The predicted molar refractivity (Wildman–Crippen MR) is 102 cm³/mol. The van der Waals surface area contributed by atoms with E-state index in [4.69, 9.17) is 9.47 Å². The number of hydrogen-bond donors (Lipinski definition) is 1. The van der Waals surface area contributed by atoms with Crippen molar-refractivity contribution in [2.45, 2.75) is 6.42 Å². The van der Waals surface area contributed by atoms with E-state index in [9.17, 15) is 0 Å².